The molecule has 0 fully saturated rings. The Bertz CT molecular complexity index is 452. The van der Waals surface area contributed by atoms with E-state index < -0.39 is 5.91 Å². The van der Waals surface area contributed by atoms with Crippen molar-refractivity contribution in [1.82, 2.24) is 10.3 Å². The highest BCUT2D eigenvalue weighted by Gasteiger charge is 2.13. The van der Waals surface area contributed by atoms with Gasteiger partial charge in [-0.05, 0) is 18.6 Å². The monoisotopic (exact) mass is 217 g/mol. The molecule has 16 heavy (non-hydrogen) atoms. The van der Waals surface area contributed by atoms with Crippen LogP contribution in [0.15, 0.2) is 18.3 Å². The maximum absolute atomic E-state index is 11.2. The van der Waals surface area contributed by atoms with E-state index in [1.54, 1.807) is 19.2 Å². The van der Waals surface area contributed by atoms with Crippen LogP contribution >= 0.6 is 0 Å². The minimum absolute atomic E-state index is 0.409. The second-order valence-electron chi connectivity index (χ2n) is 3.82. The summed E-state index contributed by atoms with van der Waals surface area (Å²) >= 11 is 0. The van der Waals surface area contributed by atoms with Crippen LogP contribution in [0.25, 0.3) is 5.57 Å². The van der Waals surface area contributed by atoms with Gasteiger partial charge < -0.3 is 11.1 Å². The van der Waals surface area contributed by atoms with E-state index in [4.69, 9.17) is 5.73 Å². The number of nitrogens with one attached hydrogen (secondary N) is 1. The van der Waals surface area contributed by atoms with Crippen LogP contribution in [0, 0.1) is 0 Å². The molecular formula is C12H15N3O. The number of carbonyl (C=O) groups is 1. The number of amides is 1. The molecule has 1 aromatic heterocycles. The number of primary amides is 1. The maximum atomic E-state index is 11.2. The first-order chi connectivity index (χ1) is 7.72. The van der Waals surface area contributed by atoms with E-state index in [0.29, 0.717) is 5.57 Å². The van der Waals surface area contributed by atoms with Crippen molar-refractivity contribution >= 4 is 11.5 Å². The number of allylic oxidation sites excluding steroid dienone is 1. The zero-order valence-corrected chi connectivity index (χ0v) is 9.29. The molecule has 0 spiro atoms. The first-order valence-corrected chi connectivity index (χ1v) is 5.37. The fourth-order valence-electron chi connectivity index (χ4n) is 1.95. The lowest BCUT2D eigenvalue weighted by molar-refractivity contribution is -0.112. The molecule has 0 saturated carbocycles. The molecule has 0 atom stereocenters. The molecule has 0 unspecified atom stereocenters. The molecule has 1 aliphatic rings. The molecule has 2 heterocycles. The molecule has 84 valence electrons. The topological polar surface area (TPSA) is 68.0 Å². The van der Waals surface area contributed by atoms with E-state index in [2.05, 4.69) is 10.3 Å². The Morgan fingerprint density at radius 3 is 3.12 bits per heavy atom. The van der Waals surface area contributed by atoms with Gasteiger partial charge in [-0.3, -0.25) is 9.78 Å². The van der Waals surface area contributed by atoms with Crippen molar-refractivity contribution < 1.29 is 4.79 Å². The number of nitrogens with zero attached hydrogens (tertiary/aromatic N) is 1. The van der Waals surface area contributed by atoms with Crippen LogP contribution in [-0.2, 0) is 17.8 Å². The molecule has 3 N–H and O–H groups in total. The second kappa shape index (κ2) is 4.45. The highest BCUT2D eigenvalue weighted by molar-refractivity contribution is 6.18. The van der Waals surface area contributed by atoms with Gasteiger partial charge in [0.05, 0.1) is 0 Å². The van der Waals surface area contributed by atoms with Crippen LogP contribution in [0.1, 0.15) is 23.7 Å². The van der Waals surface area contributed by atoms with E-state index in [9.17, 15) is 4.79 Å². The second-order valence-corrected chi connectivity index (χ2v) is 3.82. The summed E-state index contributed by atoms with van der Waals surface area (Å²) < 4.78 is 0. The molecule has 1 aromatic rings. The summed E-state index contributed by atoms with van der Waals surface area (Å²) in [6.07, 6.45) is 4.39. The third-order valence-corrected chi connectivity index (χ3v) is 2.78. The van der Waals surface area contributed by atoms with Crippen molar-refractivity contribution in [3.63, 3.8) is 0 Å². The number of fused-ring (bicyclic) bond motifs is 1. The fraction of sp³-hybridized carbons (Fsp3) is 0.333. The van der Waals surface area contributed by atoms with E-state index in [0.717, 1.165) is 36.3 Å². The number of pyridine rings is 1. The Labute approximate surface area is 94.6 Å². The summed E-state index contributed by atoms with van der Waals surface area (Å²) in [4.78, 5) is 15.6. The van der Waals surface area contributed by atoms with Gasteiger partial charge in [0.1, 0.15) is 0 Å². The SMILES string of the molecule is CC=C(C(N)=O)c1cnc2c(c1)CNCC2. The van der Waals surface area contributed by atoms with Crippen LogP contribution in [0.2, 0.25) is 0 Å². The highest BCUT2D eigenvalue weighted by Crippen LogP contribution is 2.18. The lowest BCUT2D eigenvalue weighted by atomic mass is 10.0. The van der Waals surface area contributed by atoms with Gasteiger partial charge in [0.25, 0.3) is 0 Å². The molecule has 4 nitrogen and oxygen atoms in total. The van der Waals surface area contributed by atoms with E-state index in [1.807, 2.05) is 6.07 Å². The van der Waals surface area contributed by atoms with Crippen molar-refractivity contribution in [2.45, 2.75) is 19.9 Å². The molecule has 1 amide bonds. The molecule has 0 aliphatic carbocycles. The Morgan fingerprint density at radius 1 is 1.62 bits per heavy atom. The Balaban J connectivity index is 2.40. The first-order valence-electron chi connectivity index (χ1n) is 5.37. The zero-order valence-electron chi connectivity index (χ0n) is 9.29. The predicted molar refractivity (Wildman–Crippen MR) is 62.5 cm³/mol. The third kappa shape index (κ3) is 1.97. The van der Waals surface area contributed by atoms with Gasteiger partial charge >= 0.3 is 0 Å². The van der Waals surface area contributed by atoms with Gasteiger partial charge in [-0.25, -0.2) is 0 Å². The number of aromatic nitrogens is 1. The molecule has 0 aromatic carbocycles. The summed E-state index contributed by atoms with van der Waals surface area (Å²) in [5, 5.41) is 3.28. The minimum Gasteiger partial charge on any atom is -0.366 e. The molecule has 0 saturated heterocycles. The summed E-state index contributed by atoms with van der Waals surface area (Å²) in [6, 6.07) is 1.99. The Kier molecular flexibility index (Phi) is 3.01. The van der Waals surface area contributed by atoms with Gasteiger partial charge in [0.15, 0.2) is 0 Å². The smallest absolute Gasteiger partial charge is 0.249 e. The predicted octanol–water partition coefficient (Wildman–Crippen LogP) is 0.616. The summed E-state index contributed by atoms with van der Waals surface area (Å²) in [5.41, 5.74) is 8.91. The van der Waals surface area contributed by atoms with Crippen LogP contribution in [0.3, 0.4) is 0 Å². The zero-order chi connectivity index (χ0) is 11.5. The average Bonchev–Trinajstić information content (AvgIpc) is 2.29. The Hall–Kier alpha value is -1.68. The summed E-state index contributed by atoms with van der Waals surface area (Å²) in [5.74, 6) is -0.409. The first kappa shape index (κ1) is 10.8. The number of nitrogens with two attached hydrogens (primary N) is 1. The third-order valence-electron chi connectivity index (χ3n) is 2.78. The van der Waals surface area contributed by atoms with E-state index in [-0.39, 0.29) is 0 Å². The van der Waals surface area contributed by atoms with Gasteiger partial charge in [-0.15, -0.1) is 0 Å². The highest BCUT2D eigenvalue weighted by atomic mass is 16.1. The Morgan fingerprint density at radius 2 is 2.44 bits per heavy atom. The van der Waals surface area contributed by atoms with Crippen molar-refractivity contribution in [3.8, 4) is 0 Å². The average molecular weight is 217 g/mol. The van der Waals surface area contributed by atoms with Gasteiger partial charge in [-0.1, -0.05) is 6.08 Å². The lowest BCUT2D eigenvalue weighted by Crippen LogP contribution is -2.25. The molecule has 4 heteroatoms. The van der Waals surface area contributed by atoms with Crippen LogP contribution in [0.5, 0.6) is 0 Å². The number of hydrogen-bond donors (Lipinski definition) is 2. The van der Waals surface area contributed by atoms with Crippen molar-refractivity contribution in [2.75, 3.05) is 6.54 Å². The quantitative estimate of drug-likeness (QED) is 0.713. The minimum atomic E-state index is -0.409. The number of carbonyl (C=O) groups excluding carboxylic acids is 1. The number of rotatable bonds is 2. The molecular weight excluding hydrogens is 202 g/mol. The number of hydrogen-bond acceptors (Lipinski definition) is 3. The van der Waals surface area contributed by atoms with E-state index >= 15 is 0 Å². The van der Waals surface area contributed by atoms with Gasteiger partial charge in [0, 0.05) is 42.5 Å². The van der Waals surface area contributed by atoms with Gasteiger partial charge in [0.2, 0.25) is 5.91 Å². The van der Waals surface area contributed by atoms with Crippen molar-refractivity contribution in [1.29, 1.82) is 0 Å². The lowest BCUT2D eigenvalue weighted by Gasteiger charge is -2.17. The van der Waals surface area contributed by atoms with Crippen LogP contribution < -0.4 is 11.1 Å². The van der Waals surface area contributed by atoms with Gasteiger partial charge in [-0.2, -0.15) is 0 Å². The normalized spacial score (nSPS) is 15.7. The summed E-state index contributed by atoms with van der Waals surface area (Å²) in [7, 11) is 0. The van der Waals surface area contributed by atoms with E-state index in [1.165, 1.54) is 0 Å². The van der Waals surface area contributed by atoms with Crippen molar-refractivity contribution in [3.05, 3.63) is 35.2 Å². The van der Waals surface area contributed by atoms with Crippen LogP contribution in [0.4, 0.5) is 0 Å². The molecule has 1 aliphatic heterocycles. The van der Waals surface area contributed by atoms with Crippen LogP contribution in [-0.4, -0.2) is 17.4 Å². The maximum Gasteiger partial charge on any atom is 0.249 e. The molecule has 2 rings (SSSR count). The van der Waals surface area contributed by atoms with Crippen molar-refractivity contribution in [2.24, 2.45) is 5.73 Å². The molecule has 0 bridgehead atoms. The largest absolute Gasteiger partial charge is 0.366 e. The standard InChI is InChI=1S/C12H15N3O/c1-2-10(12(13)16)8-5-9-6-14-4-3-11(9)15-7-8/h2,5,7,14H,3-4,6H2,1H3,(H2,13,16). The summed E-state index contributed by atoms with van der Waals surface area (Å²) in [6.45, 7) is 3.58. The fourth-order valence-corrected chi connectivity index (χ4v) is 1.95. The molecule has 0 radical (unpaired) electrons.